The lowest BCUT2D eigenvalue weighted by atomic mass is 10.1. The van der Waals surface area contributed by atoms with Gasteiger partial charge in [0.15, 0.2) is 0 Å². The van der Waals surface area contributed by atoms with Crippen molar-refractivity contribution in [1.29, 1.82) is 0 Å². The van der Waals surface area contributed by atoms with Gasteiger partial charge in [0.1, 0.15) is 11.5 Å². The Kier molecular flexibility index (Phi) is 5.93. The maximum atomic E-state index is 9.69. The Labute approximate surface area is 145 Å². The first-order valence-electron chi connectivity index (χ1n) is 6.22. The number of rotatable bonds is 5. The van der Waals surface area contributed by atoms with Crippen molar-refractivity contribution in [2.75, 3.05) is 7.11 Å². The van der Waals surface area contributed by atoms with Crippen molar-refractivity contribution in [3.63, 3.8) is 0 Å². The monoisotopic (exact) mass is 433 g/mol. The molecule has 0 bridgehead atoms. The number of ether oxygens (including phenoxy) is 1. The molecule has 0 saturated heterocycles. The van der Waals surface area contributed by atoms with E-state index >= 15 is 0 Å². The third kappa shape index (κ3) is 4.13. The van der Waals surface area contributed by atoms with Crippen LogP contribution >= 0.6 is 43.5 Å². The van der Waals surface area contributed by atoms with Crippen LogP contribution in [0.2, 0.25) is 5.02 Å². The van der Waals surface area contributed by atoms with Crippen molar-refractivity contribution >= 4 is 43.5 Å². The fourth-order valence-corrected chi connectivity index (χ4v) is 3.47. The van der Waals surface area contributed by atoms with E-state index in [0.717, 1.165) is 16.9 Å². The molecular weight excluding hydrogens is 421 g/mol. The zero-order valence-corrected chi connectivity index (χ0v) is 15.2. The standard InChI is InChI=1S/C15H14Br2ClNO2/c1-21-14-4-2-3-13(18)10(14)8-19-7-9-5-11(16)15(20)12(17)6-9/h2-6,19-20H,7-8H2,1H3. The first-order valence-corrected chi connectivity index (χ1v) is 8.18. The van der Waals surface area contributed by atoms with Gasteiger partial charge in [-0.15, -0.1) is 0 Å². The van der Waals surface area contributed by atoms with Gasteiger partial charge in [-0.3, -0.25) is 0 Å². The summed E-state index contributed by atoms with van der Waals surface area (Å²) in [6.07, 6.45) is 0. The third-order valence-corrected chi connectivity index (χ3v) is 4.57. The van der Waals surface area contributed by atoms with E-state index in [1.165, 1.54) is 0 Å². The maximum Gasteiger partial charge on any atom is 0.143 e. The van der Waals surface area contributed by atoms with Crippen LogP contribution in [0, 0.1) is 0 Å². The van der Waals surface area contributed by atoms with Gasteiger partial charge in [0.05, 0.1) is 16.1 Å². The Morgan fingerprint density at radius 3 is 2.48 bits per heavy atom. The van der Waals surface area contributed by atoms with E-state index in [4.69, 9.17) is 16.3 Å². The highest BCUT2D eigenvalue weighted by atomic mass is 79.9. The topological polar surface area (TPSA) is 41.5 Å². The number of hydrogen-bond acceptors (Lipinski definition) is 3. The van der Waals surface area contributed by atoms with Gasteiger partial charge < -0.3 is 15.2 Å². The molecular formula is C15H14Br2ClNO2. The summed E-state index contributed by atoms with van der Waals surface area (Å²) in [5, 5.41) is 13.7. The Hall–Kier alpha value is -0.750. The second-order valence-electron chi connectivity index (χ2n) is 4.43. The van der Waals surface area contributed by atoms with E-state index < -0.39 is 0 Å². The summed E-state index contributed by atoms with van der Waals surface area (Å²) in [7, 11) is 1.63. The number of phenols is 1. The molecule has 2 rings (SSSR count). The van der Waals surface area contributed by atoms with Crippen LogP contribution in [-0.4, -0.2) is 12.2 Å². The third-order valence-electron chi connectivity index (χ3n) is 3.00. The van der Waals surface area contributed by atoms with Gasteiger partial charge >= 0.3 is 0 Å². The Morgan fingerprint density at radius 2 is 1.86 bits per heavy atom. The SMILES string of the molecule is COc1cccc(Cl)c1CNCc1cc(Br)c(O)c(Br)c1. The number of halogens is 3. The number of nitrogens with one attached hydrogen (secondary N) is 1. The summed E-state index contributed by atoms with van der Waals surface area (Å²) < 4.78 is 6.62. The van der Waals surface area contributed by atoms with Gasteiger partial charge in [0.25, 0.3) is 0 Å². The Morgan fingerprint density at radius 1 is 1.19 bits per heavy atom. The molecule has 0 unspecified atom stereocenters. The average Bonchev–Trinajstić information content (AvgIpc) is 2.46. The van der Waals surface area contributed by atoms with Gasteiger partial charge in [-0.05, 0) is 61.7 Å². The number of methoxy groups -OCH3 is 1. The van der Waals surface area contributed by atoms with Crippen LogP contribution in [0.4, 0.5) is 0 Å². The lowest BCUT2D eigenvalue weighted by Gasteiger charge is -2.12. The molecule has 0 fully saturated rings. The van der Waals surface area contributed by atoms with Crippen molar-refractivity contribution < 1.29 is 9.84 Å². The summed E-state index contributed by atoms with van der Waals surface area (Å²) in [6.45, 7) is 1.24. The lowest BCUT2D eigenvalue weighted by Crippen LogP contribution is -2.13. The predicted octanol–water partition coefficient (Wildman–Crippen LogP) is 4.87. The van der Waals surface area contributed by atoms with Gasteiger partial charge in [-0.2, -0.15) is 0 Å². The largest absolute Gasteiger partial charge is 0.506 e. The molecule has 2 N–H and O–H groups in total. The minimum Gasteiger partial charge on any atom is -0.506 e. The van der Waals surface area contributed by atoms with E-state index in [1.807, 2.05) is 30.3 Å². The average molecular weight is 436 g/mol. The minimum atomic E-state index is 0.200. The zero-order valence-electron chi connectivity index (χ0n) is 11.3. The molecule has 0 aromatic heterocycles. The highest BCUT2D eigenvalue weighted by Crippen LogP contribution is 2.33. The number of benzene rings is 2. The van der Waals surface area contributed by atoms with Crippen LogP contribution < -0.4 is 10.1 Å². The molecule has 2 aromatic carbocycles. The minimum absolute atomic E-state index is 0.200. The molecule has 0 heterocycles. The summed E-state index contributed by atoms with van der Waals surface area (Å²) in [5.74, 6) is 0.967. The van der Waals surface area contributed by atoms with Crippen molar-refractivity contribution in [3.05, 3.63) is 55.4 Å². The molecule has 0 aliphatic heterocycles. The van der Waals surface area contributed by atoms with Gasteiger partial charge in [-0.25, -0.2) is 0 Å². The molecule has 2 aromatic rings. The molecule has 0 atom stereocenters. The molecule has 112 valence electrons. The van der Waals surface area contributed by atoms with Crippen molar-refractivity contribution in [3.8, 4) is 11.5 Å². The fraction of sp³-hybridized carbons (Fsp3) is 0.200. The highest BCUT2D eigenvalue weighted by molar-refractivity contribution is 9.11. The maximum absolute atomic E-state index is 9.69. The first-order chi connectivity index (χ1) is 10.0. The summed E-state index contributed by atoms with van der Waals surface area (Å²) in [5.41, 5.74) is 1.97. The van der Waals surface area contributed by atoms with Crippen molar-refractivity contribution in [1.82, 2.24) is 5.32 Å². The van der Waals surface area contributed by atoms with Crippen LogP contribution in [0.25, 0.3) is 0 Å². The summed E-state index contributed by atoms with van der Waals surface area (Å²) in [4.78, 5) is 0. The first kappa shape index (κ1) is 16.6. The molecule has 6 heteroatoms. The van der Waals surface area contributed by atoms with E-state index in [0.29, 0.717) is 27.1 Å². The van der Waals surface area contributed by atoms with E-state index in [-0.39, 0.29) is 5.75 Å². The second kappa shape index (κ2) is 7.49. The van der Waals surface area contributed by atoms with Crippen LogP contribution in [0.5, 0.6) is 11.5 Å². The Balaban J connectivity index is 2.05. The lowest BCUT2D eigenvalue weighted by molar-refractivity contribution is 0.407. The van der Waals surface area contributed by atoms with Gasteiger partial charge in [-0.1, -0.05) is 17.7 Å². The smallest absolute Gasteiger partial charge is 0.143 e. The number of aromatic hydroxyl groups is 1. The second-order valence-corrected chi connectivity index (χ2v) is 6.55. The van der Waals surface area contributed by atoms with E-state index in [9.17, 15) is 5.11 Å². The van der Waals surface area contributed by atoms with E-state index in [2.05, 4.69) is 37.2 Å². The van der Waals surface area contributed by atoms with Crippen LogP contribution in [0.3, 0.4) is 0 Å². The van der Waals surface area contributed by atoms with E-state index in [1.54, 1.807) is 7.11 Å². The predicted molar refractivity (Wildman–Crippen MR) is 92.1 cm³/mol. The Bertz CT molecular complexity index is 627. The normalized spacial score (nSPS) is 10.7. The molecule has 0 saturated carbocycles. The molecule has 0 radical (unpaired) electrons. The van der Waals surface area contributed by atoms with Crippen LogP contribution in [0.15, 0.2) is 39.3 Å². The van der Waals surface area contributed by atoms with Crippen LogP contribution in [-0.2, 0) is 13.1 Å². The quantitative estimate of drug-likeness (QED) is 0.704. The van der Waals surface area contributed by atoms with Crippen LogP contribution in [0.1, 0.15) is 11.1 Å². The number of hydrogen-bond donors (Lipinski definition) is 2. The summed E-state index contributed by atoms with van der Waals surface area (Å²) >= 11 is 12.8. The zero-order chi connectivity index (χ0) is 15.4. The number of phenolic OH excluding ortho intramolecular Hbond substituents is 1. The molecule has 0 amide bonds. The molecule has 0 aliphatic rings. The van der Waals surface area contributed by atoms with Crippen molar-refractivity contribution in [2.24, 2.45) is 0 Å². The molecule has 0 aliphatic carbocycles. The van der Waals surface area contributed by atoms with Gasteiger partial charge in [0, 0.05) is 23.7 Å². The molecule has 3 nitrogen and oxygen atoms in total. The van der Waals surface area contributed by atoms with Crippen molar-refractivity contribution in [2.45, 2.75) is 13.1 Å². The molecule has 0 spiro atoms. The fourth-order valence-electron chi connectivity index (χ4n) is 1.95. The van der Waals surface area contributed by atoms with Gasteiger partial charge in [0.2, 0.25) is 0 Å². The molecule has 21 heavy (non-hydrogen) atoms. The summed E-state index contributed by atoms with van der Waals surface area (Å²) in [6, 6.07) is 9.33. The highest BCUT2D eigenvalue weighted by Gasteiger charge is 2.08.